The minimum atomic E-state index is -0.161. The third-order valence-electron chi connectivity index (χ3n) is 4.46. The number of para-hydroxylation sites is 1. The van der Waals surface area contributed by atoms with Crippen molar-refractivity contribution in [3.05, 3.63) is 46.8 Å². The number of nitrogens with zero attached hydrogens (tertiary/aromatic N) is 2. The number of ether oxygens (including phenoxy) is 2. The number of aryl methyl sites for hydroxylation is 2. The number of carbonyl (C=O) groups is 1. The number of amides is 1. The van der Waals surface area contributed by atoms with Crippen LogP contribution in [-0.2, 0) is 18.2 Å². The number of benzene rings is 1. The predicted molar refractivity (Wildman–Crippen MR) is 94.9 cm³/mol. The number of hydrogen-bond acceptors (Lipinski definition) is 4. The lowest BCUT2D eigenvalue weighted by molar-refractivity contribution is -0.00903. The zero-order valence-electron chi connectivity index (χ0n) is 15.2. The Kier molecular flexibility index (Phi) is 5.08. The van der Waals surface area contributed by atoms with E-state index in [2.05, 4.69) is 10.4 Å². The molecule has 25 heavy (non-hydrogen) atoms. The van der Waals surface area contributed by atoms with Crippen molar-refractivity contribution in [3.8, 4) is 5.75 Å². The van der Waals surface area contributed by atoms with E-state index in [-0.39, 0.29) is 18.1 Å². The lowest BCUT2D eigenvalue weighted by atomic mass is 9.99. The summed E-state index contributed by atoms with van der Waals surface area (Å²) in [6.07, 6.45) is 0.737. The second-order valence-electron chi connectivity index (χ2n) is 6.50. The topological polar surface area (TPSA) is 65.4 Å². The summed E-state index contributed by atoms with van der Waals surface area (Å²) in [7, 11) is 1.85. The van der Waals surface area contributed by atoms with Gasteiger partial charge in [-0.25, -0.2) is 0 Å². The van der Waals surface area contributed by atoms with Gasteiger partial charge in [-0.2, -0.15) is 5.10 Å². The zero-order valence-corrected chi connectivity index (χ0v) is 15.2. The molecule has 1 aromatic carbocycles. The van der Waals surface area contributed by atoms with Crippen molar-refractivity contribution in [2.24, 2.45) is 7.05 Å². The predicted octanol–water partition coefficient (Wildman–Crippen LogP) is 2.56. The Hall–Kier alpha value is -2.34. The lowest BCUT2D eigenvalue weighted by Crippen LogP contribution is -2.30. The Morgan fingerprint density at radius 3 is 2.92 bits per heavy atom. The molecule has 0 unspecified atom stereocenters. The van der Waals surface area contributed by atoms with Gasteiger partial charge in [0.2, 0.25) is 0 Å². The average molecular weight is 343 g/mol. The van der Waals surface area contributed by atoms with Gasteiger partial charge in [-0.3, -0.25) is 9.48 Å². The molecule has 1 N–H and O–H groups in total. The summed E-state index contributed by atoms with van der Waals surface area (Å²) in [5.74, 6) is 0.679. The van der Waals surface area contributed by atoms with Crippen LogP contribution in [0, 0.1) is 6.92 Å². The first-order valence-electron chi connectivity index (χ1n) is 8.65. The summed E-state index contributed by atoms with van der Waals surface area (Å²) < 4.78 is 13.3. The van der Waals surface area contributed by atoms with E-state index in [0.29, 0.717) is 25.3 Å². The summed E-state index contributed by atoms with van der Waals surface area (Å²) in [6, 6.07) is 7.83. The molecule has 2 atom stereocenters. The van der Waals surface area contributed by atoms with Gasteiger partial charge in [0.1, 0.15) is 12.4 Å². The fourth-order valence-corrected chi connectivity index (χ4v) is 3.35. The maximum atomic E-state index is 12.5. The van der Waals surface area contributed by atoms with Gasteiger partial charge in [0.05, 0.1) is 24.4 Å². The van der Waals surface area contributed by atoms with Crippen molar-refractivity contribution >= 4 is 5.91 Å². The van der Waals surface area contributed by atoms with E-state index in [1.165, 1.54) is 0 Å². The summed E-state index contributed by atoms with van der Waals surface area (Å²) >= 11 is 0. The van der Waals surface area contributed by atoms with Gasteiger partial charge in [0, 0.05) is 19.0 Å². The molecule has 0 radical (unpaired) electrons. The zero-order chi connectivity index (χ0) is 18.0. The minimum absolute atomic E-state index is 0.0535. The summed E-state index contributed by atoms with van der Waals surface area (Å²) in [6.45, 7) is 6.86. The summed E-state index contributed by atoms with van der Waals surface area (Å²) in [5, 5.41) is 7.31. The van der Waals surface area contributed by atoms with Crippen LogP contribution in [0.1, 0.15) is 47.3 Å². The van der Waals surface area contributed by atoms with E-state index in [0.717, 1.165) is 22.6 Å². The Balaban J connectivity index is 1.61. The van der Waals surface area contributed by atoms with Crippen LogP contribution < -0.4 is 10.1 Å². The Morgan fingerprint density at radius 2 is 2.16 bits per heavy atom. The minimum Gasteiger partial charge on any atom is -0.491 e. The molecule has 3 rings (SSSR count). The molecule has 0 bridgehead atoms. The highest BCUT2D eigenvalue weighted by Crippen LogP contribution is 2.31. The molecule has 1 amide bonds. The van der Waals surface area contributed by atoms with Gasteiger partial charge < -0.3 is 14.8 Å². The average Bonchev–Trinajstić information content (AvgIpc) is 2.89. The molecular weight excluding hydrogens is 318 g/mol. The van der Waals surface area contributed by atoms with E-state index >= 15 is 0 Å². The van der Waals surface area contributed by atoms with E-state index in [4.69, 9.17) is 9.47 Å². The summed E-state index contributed by atoms with van der Waals surface area (Å²) in [5.41, 5.74) is 3.55. The van der Waals surface area contributed by atoms with Gasteiger partial charge in [-0.1, -0.05) is 18.2 Å². The quantitative estimate of drug-likeness (QED) is 0.848. The largest absolute Gasteiger partial charge is 0.491 e. The fraction of sp³-hybridized carbons (Fsp3) is 0.474. The van der Waals surface area contributed by atoms with Crippen LogP contribution in [-0.4, -0.2) is 34.9 Å². The molecule has 134 valence electrons. The SMILES string of the molecule is Cc1ccccc1OCCNC(=O)c1nn(C)c2c1C[C@@H](C)O[C@H]2C. The van der Waals surface area contributed by atoms with Gasteiger partial charge in [-0.05, 0) is 32.4 Å². The van der Waals surface area contributed by atoms with Crippen LogP contribution in [0.4, 0.5) is 0 Å². The normalized spacial score (nSPS) is 19.4. The highest BCUT2D eigenvalue weighted by atomic mass is 16.5. The third kappa shape index (κ3) is 3.69. The van der Waals surface area contributed by atoms with Gasteiger partial charge >= 0.3 is 0 Å². The second-order valence-corrected chi connectivity index (χ2v) is 6.50. The van der Waals surface area contributed by atoms with Crippen LogP contribution in [0.5, 0.6) is 5.75 Å². The second kappa shape index (κ2) is 7.27. The molecule has 0 saturated heterocycles. The van der Waals surface area contributed by atoms with Crippen LogP contribution in [0.25, 0.3) is 0 Å². The number of nitrogens with one attached hydrogen (secondary N) is 1. The molecule has 1 aliphatic heterocycles. The van der Waals surface area contributed by atoms with E-state index in [9.17, 15) is 4.79 Å². The Morgan fingerprint density at radius 1 is 1.40 bits per heavy atom. The highest BCUT2D eigenvalue weighted by molar-refractivity contribution is 5.94. The molecule has 1 aromatic heterocycles. The molecule has 6 nitrogen and oxygen atoms in total. The first-order valence-corrected chi connectivity index (χ1v) is 8.65. The first kappa shape index (κ1) is 17.5. The standard InChI is InChI=1S/C19H25N3O3/c1-12-7-5-6-8-16(12)24-10-9-20-19(23)17-15-11-13(2)25-14(3)18(15)22(4)21-17/h5-8,13-14H,9-11H2,1-4H3,(H,20,23)/t13-,14+/m1/s1. The van der Waals surface area contributed by atoms with Crippen molar-refractivity contribution in [1.82, 2.24) is 15.1 Å². The third-order valence-corrected chi connectivity index (χ3v) is 4.46. The van der Waals surface area contributed by atoms with E-state index in [1.807, 2.05) is 52.1 Å². The number of aromatic nitrogens is 2. The first-order chi connectivity index (χ1) is 12.0. The Labute approximate surface area is 148 Å². The van der Waals surface area contributed by atoms with Crippen molar-refractivity contribution in [3.63, 3.8) is 0 Å². The van der Waals surface area contributed by atoms with Crippen LogP contribution >= 0.6 is 0 Å². The van der Waals surface area contributed by atoms with E-state index in [1.54, 1.807) is 4.68 Å². The number of hydrogen-bond donors (Lipinski definition) is 1. The molecule has 0 aliphatic carbocycles. The van der Waals surface area contributed by atoms with Crippen LogP contribution in [0.2, 0.25) is 0 Å². The summed E-state index contributed by atoms with van der Waals surface area (Å²) in [4.78, 5) is 12.5. The van der Waals surface area contributed by atoms with E-state index < -0.39 is 0 Å². The fourth-order valence-electron chi connectivity index (χ4n) is 3.35. The van der Waals surface area contributed by atoms with Crippen molar-refractivity contribution in [1.29, 1.82) is 0 Å². The smallest absolute Gasteiger partial charge is 0.272 e. The van der Waals surface area contributed by atoms with Gasteiger partial charge in [0.15, 0.2) is 5.69 Å². The number of rotatable bonds is 5. The van der Waals surface area contributed by atoms with Crippen molar-refractivity contribution in [2.75, 3.05) is 13.2 Å². The lowest BCUT2D eigenvalue weighted by Gasteiger charge is -2.26. The van der Waals surface area contributed by atoms with Crippen LogP contribution in [0.15, 0.2) is 24.3 Å². The maximum absolute atomic E-state index is 12.5. The molecule has 1 aliphatic rings. The molecule has 2 heterocycles. The van der Waals surface area contributed by atoms with Crippen molar-refractivity contribution < 1.29 is 14.3 Å². The maximum Gasteiger partial charge on any atom is 0.272 e. The molecule has 2 aromatic rings. The van der Waals surface area contributed by atoms with Gasteiger partial charge in [-0.15, -0.1) is 0 Å². The van der Waals surface area contributed by atoms with Gasteiger partial charge in [0.25, 0.3) is 5.91 Å². The monoisotopic (exact) mass is 343 g/mol. The van der Waals surface area contributed by atoms with Crippen LogP contribution in [0.3, 0.4) is 0 Å². The molecule has 0 spiro atoms. The molecule has 0 fully saturated rings. The number of carbonyl (C=O) groups excluding carboxylic acids is 1. The Bertz CT molecular complexity index is 769. The molecule has 6 heteroatoms. The number of fused-ring (bicyclic) bond motifs is 1. The molecular formula is C19H25N3O3. The van der Waals surface area contributed by atoms with Crippen molar-refractivity contribution in [2.45, 2.75) is 39.4 Å². The highest BCUT2D eigenvalue weighted by Gasteiger charge is 2.31. The molecule has 0 saturated carbocycles.